The van der Waals surface area contributed by atoms with E-state index in [-0.39, 0.29) is 6.42 Å². The summed E-state index contributed by atoms with van der Waals surface area (Å²) in [5.41, 5.74) is 2.55. The van der Waals surface area contributed by atoms with Gasteiger partial charge in [0, 0.05) is 28.6 Å². The summed E-state index contributed by atoms with van der Waals surface area (Å²) in [6.45, 7) is 2.53. The zero-order valence-corrected chi connectivity index (χ0v) is 18.5. The van der Waals surface area contributed by atoms with E-state index < -0.39 is 5.97 Å². The average Bonchev–Trinajstić information content (AvgIpc) is 3.43. The van der Waals surface area contributed by atoms with E-state index in [1.807, 2.05) is 11.3 Å². The van der Waals surface area contributed by atoms with Gasteiger partial charge >= 0.3 is 5.97 Å². The van der Waals surface area contributed by atoms with Gasteiger partial charge in [0.05, 0.1) is 0 Å². The van der Waals surface area contributed by atoms with Gasteiger partial charge in [0.1, 0.15) is 12.4 Å². The molecule has 1 aliphatic rings. The lowest BCUT2D eigenvalue weighted by Crippen LogP contribution is -2.35. The van der Waals surface area contributed by atoms with Crippen molar-refractivity contribution < 1.29 is 14.6 Å². The molecule has 4 rings (SSSR count). The highest BCUT2D eigenvalue weighted by Crippen LogP contribution is 2.31. The van der Waals surface area contributed by atoms with Crippen LogP contribution in [-0.4, -0.2) is 41.7 Å². The highest BCUT2D eigenvalue weighted by atomic mass is 32.1. The molecule has 5 heteroatoms. The lowest BCUT2D eigenvalue weighted by Gasteiger charge is -2.24. The fourth-order valence-electron chi connectivity index (χ4n) is 4.14. The van der Waals surface area contributed by atoms with E-state index in [0.29, 0.717) is 19.1 Å². The summed E-state index contributed by atoms with van der Waals surface area (Å²) in [4.78, 5) is 15.8. The van der Waals surface area contributed by atoms with Gasteiger partial charge in [-0.3, -0.25) is 9.69 Å². The minimum Gasteiger partial charge on any atom is -0.492 e. The standard InChI is InChI=1S/C26H29NO3S/c28-26(29)9-5-17-27-16-4-8-22(27)19-30-23-12-10-21(11-13-23)25-15-14-24(31-25)18-20-6-2-1-3-7-20/h1-3,6-7,10-15,22H,4-5,8-9,16-19H2,(H,28,29)/t22-/m1/s1. The van der Waals surface area contributed by atoms with Crippen LogP contribution in [0.5, 0.6) is 5.75 Å². The van der Waals surface area contributed by atoms with Crippen LogP contribution in [0, 0.1) is 0 Å². The van der Waals surface area contributed by atoms with Crippen LogP contribution >= 0.6 is 11.3 Å². The fourth-order valence-corrected chi connectivity index (χ4v) is 5.19. The highest BCUT2D eigenvalue weighted by Gasteiger charge is 2.24. The van der Waals surface area contributed by atoms with Gasteiger partial charge in [-0.25, -0.2) is 0 Å². The van der Waals surface area contributed by atoms with Crippen molar-refractivity contribution in [2.45, 2.75) is 38.1 Å². The molecule has 0 aliphatic carbocycles. The first kappa shape index (κ1) is 21.6. The zero-order chi connectivity index (χ0) is 21.5. The van der Waals surface area contributed by atoms with Gasteiger partial charge in [0.25, 0.3) is 0 Å². The van der Waals surface area contributed by atoms with Gasteiger partial charge in [-0.15, -0.1) is 11.3 Å². The SMILES string of the molecule is O=C(O)CCCN1CCC[C@@H]1COc1ccc(-c2ccc(Cc3ccccc3)s2)cc1. The van der Waals surface area contributed by atoms with Crippen molar-refractivity contribution >= 4 is 17.3 Å². The largest absolute Gasteiger partial charge is 0.492 e. The predicted molar refractivity (Wildman–Crippen MR) is 126 cm³/mol. The molecule has 0 saturated carbocycles. The molecular weight excluding hydrogens is 406 g/mol. The van der Waals surface area contributed by atoms with E-state index in [1.165, 1.54) is 20.9 Å². The second-order valence-electron chi connectivity index (χ2n) is 8.09. The first-order valence-electron chi connectivity index (χ1n) is 11.0. The number of nitrogens with zero attached hydrogens (tertiary/aromatic N) is 1. The molecule has 3 aromatic rings. The summed E-state index contributed by atoms with van der Waals surface area (Å²) in [6.07, 6.45) is 4.18. The number of hydrogen-bond acceptors (Lipinski definition) is 4. The van der Waals surface area contributed by atoms with Crippen LogP contribution in [-0.2, 0) is 11.2 Å². The van der Waals surface area contributed by atoms with Crippen molar-refractivity contribution in [2.75, 3.05) is 19.7 Å². The summed E-state index contributed by atoms with van der Waals surface area (Å²) in [5.74, 6) is 0.173. The molecule has 0 bridgehead atoms. The molecule has 2 heterocycles. The Kier molecular flexibility index (Phi) is 7.39. The van der Waals surface area contributed by atoms with E-state index >= 15 is 0 Å². The second-order valence-corrected chi connectivity index (χ2v) is 9.26. The number of carboxylic acids is 1. The molecule has 1 aromatic heterocycles. The molecule has 0 amide bonds. The number of hydrogen-bond donors (Lipinski definition) is 1. The van der Waals surface area contributed by atoms with Gasteiger partial charge in [-0.1, -0.05) is 30.3 Å². The van der Waals surface area contributed by atoms with Crippen LogP contribution in [0.4, 0.5) is 0 Å². The first-order valence-corrected chi connectivity index (χ1v) is 11.8. The Balaban J connectivity index is 1.29. The number of aliphatic carboxylic acids is 1. The lowest BCUT2D eigenvalue weighted by molar-refractivity contribution is -0.137. The van der Waals surface area contributed by atoms with Crippen molar-refractivity contribution in [1.82, 2.24) is 4.90 Å². The Morgan fingerprint density at radius 1 is 1.06 bits per heavy atom. The third kappa shape index (κ3) is 6.18. The molecule has 0 spiro atoms. The Morgan fingerprint density at radius 2 is 1.87 bits per heavy atom. The van der Waals surface area contributed by atoms with E-state index in [1.54, 1.807) is 0 Å². The fraction of sp³-hybridized carbons (Fsp3) is 0.346. The Bertz CT molecular complexity index is 968. The number of likely N-dealkylation sites (tertiary alicyclic amines) is 1. The van der Waals surface area contributed by atoms with Gasteiger partial charge < -0.3 is 9.84 Å². The highest BCUT2D eigenvalue weighted by molar-refractivity contribution is 7.15. The number of thiophene rings is 1. The first-order chi connectivity index (χ1) is 15.2. The van der Waals surface area contributed by atoms with E-state index in [0.717, 1.165) is 38.1 Å². The van der Waals surface area contributed by atoms with Crippen molar-refractivity contribution in [3.05, 3.63) is 77.2 Å². The summed E-state index contributed by atoms with van der Waals surface area (Å²) < 4.78 is 6.07. The van der Waals surface area contributed by atoms with E-state index in [2.05, 4.69) is 71.6 Å². The number of carboxylic acid groups (broad SMARTS) is 1. The molecule has 1 fully saturated rings. The van der Waals surface area contributed by atoms with Gasteiger partial charge in [-0.2, -0.15) is 0 Å². The van der Waals surface area contributed by atoms with Crippen molar-refractivity contribution in [1.29, 1.82) is 0 Å². The molecule has 31 heavy (non-hydrogen) atoms. The smallest absolute Gasteiger partial charge is 0.303 e. The summed E-state index contributed by atoms with van der Waals surface area (Å²) in [7, 11) is 0. The van der Waals surface area contributed by atoms with Crippen LogP contribution in [0.1, 0.15) is 36.1 Å². The normalized spacial score (nSPS) is 16.5. The maximum absolute atomic E-state index is 10.7. The molecule has 1 atom stereocenters. The molecule has 0 radical (unpaired) electrons. The third-order valence-corrected chi connectivity index (χ3v) is 6.93. The minimum atomic E-state index is -0.718. The average molecular weight is 436 g/mol. The number of rotatable bonds is 10. The molecule has 162 valence electrons. The van der Waals surface area contributed by atoms with Crippen molar-refractivity contribution in [2.24, 2.45) is 0 Å². The second kappa shape index (κ2) is 10.6. The number of ether oxygens (including phenoxy) is 1. The molecule has 1 saturated heterocycles. The Hall–Kier alpha value is -2.63. The van der Waals surface area contributed by atoms with Gasteiger partial charge in [0.2, 0.25) is 0 Å². The molecule has 1 aliphatic heterocycles. The molecular formula is C26H29NO3S. The summed E-state index contributed by atoms with van der Waals surface area (Å²) in [5, 5.41) is 8.84. The van der Waals surface area contributed by atoms with Crippen LogP contribution in [0.25, 0.3) is 10.4 Å². The maximum atomic E-state index is 10.7. The molecule has 0 unspecified atom stereocenters. The summed E-state index contributed by atoms with van der Waals surface area (Å²) in [6, 6.07) is 23.7. The van der Waals surface area contributed by atoms with E-state index in [9.17, 15) is 4.79 Å². The van der Waals surface area contributed by atoms with Crippen LogP contribution < -0.4 is 4.74 Å². The summed E-state index contributed by atoms with van der Waals surface area (Å²) >= 11 is 1.84. The third-order valence-electron chi connectivity index (χ3n) is 5.80. The molecule has 2 aromatic carbocycles. The Labute approximate surface area is 188 Å². The van der Waals surface area contributed by atoms with Gasteiger partial charge in [-0.05, 0) is 79.9 Å². The van der Waals surface area contributed by atoms with Crippen molar-refractivity contribution in [3.8, 4) is 16.2 Å². The predicted octanol–water partition coefficient (Wildman–Crippen LogP) is 5.71. The van der Waals surface area contributed by atoms with Crippen LogP contribution in [0.3, 0.4) is 0 Å². The van der Waals surface area contributed by atoms with E-state index in [4.69, 9.17) is 9.84 Å². The lowest BCUT2D eigenvalue weighted by atomic mass is 10.1. The van der Waals surface area contributed by atoms with Crippen LogP contribution in [0.2, 0.25) is 0 Å². The quantitative estimate of drug-likeness (QED) is 0.443. The number of carbonyl (C=O) groups is 1. The maximum Gasteiger partial charge on any atom is 0.303 e. The number of benzene rings is 2. The minimum absolute atomic E-state index is 0.237. The monoisotopic (exact) mass is 435 g/mol. The topological polar surface area (TPSA) is 49.8 Å². The van der Waals surface area contributed by atoms with Gasteiger partial charge in [0.15, 0.2) is 0 Å². The molecule has 4 nitrogen and oxygen atoms in total. The molecule has 1 N–H and O–H groups in total. The van der Waals surface area contributed by atoms with Crippen LogP contribution in [0.15, 0.2) is 66.7 Å². The van der Waals surface area contributed by atoms with Crippen molar-refractivity contribution in [3.63, 3.8) is 0 Å². The zero-order valence-electron chi connectivity index (χ0n) is 17.7. The Morgan fingerprint density at radius 3 is 2.65 bits per heavy atom.